The van der Waals surface area contributed by atoms with Gasteiger partial charge < -0.3 is 9.52 Å². The molecule has 0 aliphatic heterocycles. The first kappa shape index (κ1) is 13.6. The lowest BCUT2D eigenvalue weighted by atomic mass is 10.1. The largest absolute Gasteiger partial charge is 0.481 e. The van der Waals surface area contributed by atoms with E-state index in [0.717, 1.165) is 23.3 Å². The van der Waals surface area contributed by atoms with Gasteiger partial charge in [-0.1, -0.05) is 32.0 Å². The molecule has 1 heterocycles. The second-order valence-corrected chi connectivity index (χ2v) is 4.82. The highest BCUT2D eigenvalue weighted by atomic mass is 16.4. The van der Waals surface area contributed by atoms with Crippen molar-refractivity contribution < 1.29 is 14.3 Å². The number of carboxylic acids is 1. The van der Waals surface area contributed by atoms with E-state index >= 15 is 0 Å². The van der Waals surface area contributed by atoms with Crippen LogP contribution >= 0.6 is 0 Å². The van der Waals surface area contributed by atoms with E-state index in [0.29, 0.717) is 13.1 Å². The Balaban J connectivity index is 2.07. The molecular weight excluding hydrogens is 242 g/mol. The highest BCUT2D eigenvalue weighted by Gasteiger charge is 2.16. The number of benzene rings is 1. The van der Waals surface area contributed by atoms with Crippen LogP contribution in [0.5, 0.6) is 0 Å². The molecule has 1 N–H and O–H groups in total. The molecule has 4 heteroatoms. The molecule has 2 aromatic rings. The van der Waals surface area contributed by atoms with E-state index in [1.807, 2.05) is 37.3 Å². The minimum Gasteiger partial charge on any atom is -0.481 e. The Hall–Kier alpha value is -1.81. The minimum absolute atomic E-state index is 0.371. The van der Waals surface area contributed by atoms with Crippen molar-refractivity contribution in [2.45, 2.75) is 20.4 Å². The first-order valence-electron chi connectivity index (χ1n) is 6.52. The summed E-state index contributed by atoms with van der Waals surface area (Å²) in [4.78, 5) is 13.0. The van der Waals surface area contributed by atoms with Crippen LogP contribution in [0.1, 0.15) is 19.6 Å². The van der Waals surface area contributed by atoms with E-state index in [1.54, 1.807) is 6.92 Å². The Bertz CT molecular complexity index is 528. The molecular formula is C15H19NO3. The standard InChI is InChI=1S/C15H19NO3/c1-3-16(9-11(2)15(17)18)10-13-8-12-6-4-5-7-14(12)19-13/h4-8,11H,3,9-10H2,1-2H3,(H,17,18). The molecule has 1 unspecified atom stereocenters. The Labute approximate surface area is 112 Å². The van der Waals surface area contributed by atoms with Gasteiger partial charge in [-0.15, -0.1) is 0 Å². The minimum atomic E-state index is -0.761. The van der Waals surface area contributed by atoms with Gasteiger partial charge in [0, 0.05) is 11.9 Å². The van der Waals surface area contributed by atoms with Crippen molar-refractivity contribution in [1.29, 1.82) is 0 Å². The van der Waals surface area contributed by atoms with Gasteiger partial charge in [-0.25, -0.2) is 0 Å². The summed E-state index contributed by atoms with van der Waals surface area (Å²) in [7, 11) is 0. The maximum absolute atomic E-state index is 10.9. The van der Waals surface area contributed by atoms with E-state index in [9.17, 15) is 4.79 Å². The van der Waals surface area contributed by atoms with Gasteiger partial charge in [0.2, 0.25) is 0 Å². The van der Waals surface area contributed by atoms with Crippen LogP contribution in [-0.2, 0) is 11.3 Å². The highest BCUT2D eigenvalue weighted by Crippen LogP contribution is 2.20. The second kappa shape index (κ2) is 5.89. The quantitative estimate of drug-likeness (QED) is 0.868. The fraction of sp³-hybridized carbons (Fsp3) is 0.400. The van der Waals surface area contributed by atoms with Crippen molar-refractivity contribution >= 4 is 16.9 Å². The van der Waals surface area contributed by atoms with Gasteiger partial charge in [0.25, 0.3) is 0 Å². The molecule has 0 bridgehead atoms. The summed E-state index contributed by atoms with van der Waals surface area (Å²) in [6, 6.07) is 9.89. The molecule has 19 heavy (non-hydrogen) atoms. The number of rotatable bonds is 6. The molecule has 0 amide bonds. The van der Waals surface area contributed by atoms with Crippen molar-refractivity contribution in [3.05, 3.63) is 36.1 Å². The lowest BCUT2D eigenvalue weighted by Crippen LogP contribution is -2.31. The van der Waals surface area contributed by atoms with E-state index in [1.165, 1.54) is 0 Å². The number of aliphatic carboxylic acids is 1. The van der Waals surface area contributed by atoms with Gasteiger partial charge in [-0.3, -0.25) is 9.69 Å². The number of furan rings is 1. The number of fused-ring (bicyclic) bond motifs is 1. The molecule has 0 fully saturated rings. The lowest BCUT2D eigenvalue weighted by Gasteiger charge is -2.21. The first-order chi connectivity index (χ1) is 9.10. The fourth-order valence-electron chi connectivity index (χ4n) is 2.11. The zero-order chi connectivity index (χ0) is 13.8. The molecule has 1 aromatic heterocycles. The molecule has 0 spiro atoms. The molecule has 0 radical (unpaired) electrons. The van der Waals surface area contributed by atoms with Gasteiger partial charge in [0.15, 0.2) is 0 Å². The van der Waals surface area contributed by atoms with Crippen LogP contribution in [0.3, 0.4) is 0 Å². The van der Waals surface area contributed by atoms with E-state index in [4.69, 9.17) is 9.52 Å². The van der Waals surface area contributed by atoms with Crippen LogP contribution < -0.4 is 0 Å². The lowest BCUT2D eigenvalue weighted by molar-refractivity contribution is -0.141. The molecule has 4 nitrogen and oxygen atoms in total. The fourth-order valence-corrected chi connectivity index (χ4v) is 2.11. The van der Waals surface area contributed by atoms with Crippen LogP contribution in [0, 0.1) is 5.92 Å². The summed E-state index contributed by atoms with van der Waals surface area (Å²) in [5, 5.41) is 10.0. The van der Waals surface area contributed by atoms with Crippen LogP contribution in [0.25, 0.3) is 11.0 Å². The summed E-state index contributed by atoms with van der Waals surface area (Å²) < 4.78 is 5.75. The third kappa shape index (κ3) is 3.35. The molecule has 0 saturated heterocycles. The zero-order valence-electron chi connectivity index (χ0n) is 11.3. The average Bonchev–Trinajstić information content (AvgIpc) is 2.79. The smallest absolute Gasteiger partial charge is 0.307 e. The van der Waals surface area contributed by atoms with E-state index < -0.39 is 5.97 Å². The van der Waals surface area contributed by atoms with Crippen molar-refractivity contribution in [1.82, 2.24) is 4.90 Å². The topological polar surface area (TPSA) is 53.7 Å². The van der Waals surface area contributed by atoms with Gasteiger partial charge in [0.05, 0.1) is 12.5 Å². The SMILES string of the molecule is CCN(Cc1cc2ccccc2o1)CC(C)C(=O)O. The summed E-state index contributed by atoms with van der Waals surface area (Å²) in [5.41, 5.74) is 0.875. The summed E-state index contributed by atoms with van der Waals surface area (Å²) >= 11 is 0. The third-order valence-corrected chi connectivity index (χ3v) is 3.26. The van der Waals surface area contributed by atoms with Crippen molar-refractivity contribution in [2.24, 2.45) is 5.92 Å². The third-order valence-electron chi connectivity index (χ3n) is 3.26. The van der Waals surface area contributed by atoms with Crippen LogP contribution in [0.4, 0.5) is 0 Å². The van der Waals surface area contributed by atoms with Crippen LogP contribution in [0.15, 0.2) is 34.7 Å². The van der Waals surface area contributed by atoms with Crippen LogP contribution in [-0.4, -0.2) is 29.1 Å². The molecule has 0 saturated carbocycles. The number of carbonyl (C=O) groups is 1. The Kier molecular flexibility index (Phi) is 4.22. The average molecular weight is 261 g/mol. The number of hydrogen-bond acceptors (Lipinski definition) is 3. The predicted molar refractivity (Wildman–Crippen MR) is 74.0 cm³/mol. The van der Waals surface area contributed by atoms with Gasteiger partial charge in [0.1, 0.15) is 11.3 Å². The van der Waals surface area contributed by atoms with Crippen molar-refractivity contribution in [3.63, 3.8) is 0 Å². The summed E-state index contributed by atoms with van der Waals surface area (Å²) in [6.07, 6.45) is 0. The van der Waals surface area contributed by atoms with Crippen LogP contribution in [0.2, 0.25) is 0 Å². The number of carboxylic acid groups (broad SMARTS) is 1. The maximum Gasteiger partial charge on any atom is 0.307 e. The van der Waals surface area contributed by atoms with E-state index in [-0.39, 0.29) is 5.92 Å². The molecule has 0 aliphatic carbocycles. The van der Waals surface area contributed by atoms with Gasteiger partial charge >= 0.3 is 5.97 Å². The van der Waals surface area contributed by atoms with Crippen molar-refractivity contribution in [2.75, 3.05) is 13.1 Å². The molecule has 2 rings (SSSR count). The number of para-hydroxylation sites is 1. The molecule has 1 aromatic carbocycles. The van der Waals surface area contributed by atoms with Crippen molar-refractivity contribution in [3.8, 4) is 0 Å². The second-order valence-electron chi connectivity index (χ2n) is 4.82. The molecule has 0 aliphatic rings. The zero-order valence-corrected chi connectivity index (χ0v) is 11.3. The monoisotopic (exact) mass is 261 g/mol. The van der Waals surface area contributed by atoms with E-state index in [2.05, 4.69) is 4.90 Å². The molecule has 102 valence electrons. The Morgan fingerprint density at radius 2 is 2.16 bits per heavy atom. The molecule has 1 atom stereocenters. The highest BCUT2D eigenvalue weighted by molar-refractivity contribution is 5.77. The first-order valence-corrected chi connectivity index (χ1v) is 6.52. The van der Waals surface area contributed by atoms with Gasteiger partial charge in [-0.2, -0.15) is 0 Å². The Morgan fingerprint density at radius 3 is 2.79 bits per heavy atom. The Morgan fingerprint density at radius 1 is 1.42 bits per heavy atom. The summed E-state index contributed by atoms with van der Waals surface area (Å²) in [5.74, 6) is -0.256. The summed E-state index contributed by atoms with van der Waals surface area (Å²) in [6.45, 7) is 5.72. The van der Waals surface area contributed by atoms with Gasteiger partial charge in [-0.05, 0) is 18.7 Å². The maximum atomic E-state index is 10.9. The predicted octanol–water partition coefficient (Wildman–Crippen LogP) is 2.98. The normalized spacial score (nSPS) is 13.0. The number of hydrogen-bond donors (Lipinski definition) is 1. The number of nitrogens with zero attached hydrogens (tertiary/aromatic N) is 1.